The molecule has 0 radical (unpaired) electrons. The van der Waals surface area contributed by atoms with E-state index in [0.29, 0.717) is 10.8 Å². The minimum Gasteiger partial charge on any atom is -0.352 e. The van der Waals surface area contributed by atoms with Gasteiger partial charge in [-0.05, 0) is 50.0 Å². The fourth-order valence-electron chi connectivity index (χ4n) is 4.23. The van der Waals surface area contributed by atoms with Crippen LogP contribution in [0.2, 0.25) is 0 Å². The second kappa shape index (κ2) is 7.83. The van der Waals surface area contributed by atoms with E-state index >= 15 is 0 Å². The van der Waals surface area contributed by atoms with E-state index in [2.05, 4.69) is 31.2 Å². The van der Waals surface area contributed by atoms with E-state index in [1.165, 1.54) is 11.1 Å². The van der Waals surface area contributed by atoms with Crippen LogP contribution in [0.15, 0.2) is 29.1 Å². The smallest absolute Gasteiger partial charge is 0.275 e. The number of carbonyl (C=O) groups is 1. The molecule has 5 heteroatoms. The molecule has 0 saturated heterocycles. The van der Waals surface area contributed by atoms with Gasteiger partial charge in [-0.1, -0.05) is 45.4 Å². The molecule has 1 aromatic heterocycles. The maximum Gasteiger partial charge on any atom is 0.275 e. The van der Waals surface area contributed by atoms with Crippen LogP contribution in [0.3, 0.4) is 0 Å². The van der Waals surface area contributed by atoms with Gasteiger partial charge in [-0.25, -0.2) is 4.68 Å². The summed E-state index contributed by atoms with van der Waals surface area (Å²) in [7, 11) is 0. The van der Waals surface area contributed by atoms with Crippen LogP contribution < -0.4 is 10.9 Å². The Morgan fingerprint density at radius 1 is 1.19 bits per heavy atom. The molecule has 5 nitrogen and oxygen atoms in total. The molecule has 1 saturated carbocycles. The normalized spacial score (nSPS) is 20.6. The standard InChI is InChI=1S/C22H31N3O2/c1-5-22(3,4)16-10-12-17(13-11-16)23-20(26)14-25-21(27)19-9-7-6-8-18(19)15(2)24-25/h6-9,16-17H,5,10-14H2,1-4H3,(H,23,26). The van der Waals surface area contributed by atoms with Gasteiger partial charge >= 0.3 is 0 Å². The number of nitrogens with zero attached hydrogens (tertiary/aromatic N) is 2. The number of rotatable bonds is 5. The summed E-state index contributed by atoms with van der Waals surface area (Å²) in [6, 6.07) is 7.61. The van der Waals surface area contributed by atoms with E-state index in [1.54, 1.807) is 6.07 Å². The zero-order valence-corrected chi connectivity index (χ0v) is 16.9. The van der Waals surface area contributed by atoms with E-state index in [0.717, 1.165) is 42.7 Å². The molecular weight excluding hydrogens is 338 g/mol. The van der Waals surface area contributed by atoms with Crippen LogP contribution in [0.25, 0.3) is 10.8 Å². The summed E-state index contributed by atoms with van der Waals surface area (Å²) in [4.78, 5) is 25.1. The molecule has 27 heavy (non-hydrogen) atoms. The average Bonchev–Trinajstić information content (AvgIpc) is 2.66. The highest BCUT2D eigenvalue weighted by Gasteiger charge is 2.32. The van der Waals surface area contributed by atoms with Crippen LogP contribution >= 0.6 is 0 Å². The van der Waals surface area contributed by atoms with Crippen LogP contribution in [0, 0.1) is 18.3 Å². The molecule has 1 aliphatic rings. The summed E-state index contributed by atoms with van der Waals surface area (Å²) in [5, 5.41) is 8.90. The molecule has 1 heterocycles. The highest BCUT2D eigenvalue weighted by atomic mass is 16.2. The summed E-state index contributed by atoms with van der Waals surface area (Å²) >= 11 is 0. The molecule has 1 amide bonds. The maximum absolute atomic E-state index is 12.6. The number of hydrogen-bond donors (Lipinski definition) is 1. The maximum atomic E-state index is 12.6. The summed E-state index contributed by atoms with van der Waals surface area (Å²) < 4.78 is 1.29. The second-order valence-electron chi connectivity index (χ2n) is 8.55. The molecule has 1 fully saturated rings. The number of hydrogen-bond acceptors (Lipinski definition) is 3. The first-order valence-corrected chi connectivity index (χ1v) is 10.1. The van der Waals surface area contributed by atoms with E-state index in [4.69, 9.17) is 0 Å². The van der Waals surface area contributed by atoms with Crippen LogP contribution in [0.1, 0.15) is 58.6 Å². The fraction of sp³-hybridized carbons (Fsp3) is 0.591. The van der Waals surface area contributed by atoms with Crippen molar-refractivity contribution in [3.63, 3.8) is 0 Å². The molecule has 0 aliphatic heterocycles. The highest BCUT2D eigenvalue weighted by Crippen LogP contribution is 2.40. The number of benzene rings is 1. The van der Waals surface area contributed by atoms with Gasteiger partial charge < -0.3 is 5.32 Å². The number of carbonyl (C=O) groups excluding carboxylic acids is 1. The third kappa shape index (κ3) is 4.23. The molecule has 146 valence electrons. The van der Waals surface area contributed by atoms with E-state index in [1.807, 2.05) is 25.1 Å². The van der Waals surface area contributed by atoms with Gasteiger partial charge in [0.25, 0.3) is 5.56 Å². The second-order valence-corrected chi connectivity index (χ2v) is 8.55. The zero-order chi connectivity index (χ0) is 19.6. The van der Waals surface area contributed by atoms with Gasteiger partial charge in [-0.15, -0.1) is 0 Å². The molecular formula is C22H31N3O2. The number of fused-ring (bicyclic) bond motifs is 1. The first-order valence-electron chi connectivity index (χ1n) is 10.1. The van der Waals surface area contributed by atoms with Crippen LogP contribution in [0.5, 0.6) is 0 Å². The van der Waals surface area contributed by atoms with Crippen LogP contribution in [-0.4, -0.2) is 21.7 Å². The lowest BCUT2D eigenvalue weighted by Gasteiger charge is -2.39. The topological polar surface area (TPSA) is 64.0 Å². The molecule has 0 unspecified atom stereocenters. The first-order chi connectivity index (χ1) is 12.8. The average molecular weight is 370 g/mol. The van der Waals surface area contributed by atoms with Gasteiger partial charge in [0.1, 0.15) is 6.54 Å². The predicted molar refractivity (Wildman–Crippen MR) is 109 cm³/mol. The minimum absolute atomic E-state index is 0.0229. The molecule has 0 spiro atoms. The van der Waals surface area contributed by atoms with Crippen molar-refractivity contribution in [2.24, 2.45) is 11.3 Å². The molecule has 1 N–H and O–H groups in total. The SMILES string of the molecule is CCC(C)(C)C1CCC(NC(=O)Cn2nc(C)c3ccccc3c2=O)CC1. The van der Waals surface area contributed by atoms with Crippen molar-refractivity contribution >= 4 is 16.7 Å². The van der Waals surface area contributed by atoms with E-state index in [-0.39, 0.29) is 24.1 Å². The minimum atomic E-state index is -0.209. The third-order valence-electron chi connectivity index (χ3n) is 6.45. The van der Waals surface area contributed by atoms with Crippen molar-refractivity contribution in [3.8, 4) is 0 Å². The Bertz CT molecular complexity index is 877. The Morgan fingerprint density at radius 2 is 1.81 bits per heavy atom. The number of aromatic nitrogens is 2. The Hall–Kier alpha value is -2.17. The lowest BCUT2D eigenvalue weighted by atomic mass is 9.69. The Kier molecular flexibility index (Phi) is 5.68. The van der Waals surface area contributed by atoms with Gasteiger partial charge in [-0.2, -0.15) is 5.10 Å². The van der Waals surface area contributed by atoms with Crippen molar-refractivity contribution in [2.75, 3.05) is 0 Å². The third-order valence-corrected chi connectivity index (χ3v) is 6.45. The molecule has 0 atom stereocenters. The molecule has 3 rings (SSSR count). The summed E-state index contributed by atoms with van der Waals surface area (Å²) in [5.74, 6) is 0.598. The fourth-order valence-corrected chi connectivity index (χ4v) is 4.23. The van der Waals surface area contributed by atoms with Crippen LogP contribution in [-0.2, 0) is 11.3 Å². The Labute approximate surface area is 161 Å². The quantitative estimate of drug-likeness (QED) is 0.871. The van der Waals surface area contributed by atoms with Crippen LogP contribution in [0.4, 0.5) is 0 Å². The largest absolute Gasteiger partial charge is 0.352 e. The summed E-state index contributed by atoms with van der Waals surface area (Å²) in [5.41, 5.74) is 0.925. The lowest BCUT2D eigenvalue weighted by Crippen LogP contribution is -2.42. The van der Waals surface area contributed by atoms with Gasteiger partial charge in [-0.3, -0.25) is 9.59 Å². The molecule has 0 bridgehead atoms. The number of amides is 1. The lowest BCUT2D eigenvalue weighted by molar-refractivity contribution is -0.123. The van der Waals surface area contributed by atoms with Crippen molar-refractivity contribution < 1.29 is 4.79 Å². The number of nitrogens with one attached hydrogen (secondary N) is 1. The van der Waals surface area contributed by atoms with Gasteiger partial charge in [0.05, 0.1) is 11.1 Å². The molecule has 2 aromatic rings. The van der Waals surface area contributed by atoms with Gasteiger partial charge in [0, 0.05) is 11.4 Å². The monoisotopic (exact) mass is 369 g/mol. The Balaban J connectivity index is 1.63. The van der Waals surface area contributed by atoms with Crippen molar-refractivity contribution in [1.82, 2.24) is 15.1 Å². The van der Waals surface area contributed by atoms with Crippen molar-refractivity contribution in [1.29, 1.82) is 0 Å². The van der Waals surface area contributed by atoms with Gasteiger partial charge in [0.15, 0.2) is 0 Å². The van der Waals surface area contributed by atoms with Crippen molar-refractivity contribution in [2.45, 2.75) is 72.4 Å². The summed E-state index contributed by atoms with van der Waals surface area (Å²) in [6.45, 7) is 8.79. The Morgan fingerprint density at radius 3 is 2.44 bits per heavy atom. The van der Waals surface area contributed by atoms with Gasteiger partial charge in [0.2, 0.25) is 5.91 Å². The molecule has 1 aliphatic carbocycles. The molecule has 1 aromatic carbocycles. The first kappa shape index (κ1) is 19.6. The number of aryl methyl sites for hydroxylation is 1. The predicted octanol–water partition coefficient (Wildman–Crippen LogP) is 3.82. The summed E-state index contributed by atoms with van der Waals surface area (Å²) in [6.07, 6.45) is 5.51. The van der Waals surface area contributed by atoms with E-state index in [9.17, 15) is 9.59 Å². The highest BCUT2D eigenvalue weighted by molar-refractivity contribution is 5.83. The zero-order valence-electron chi connectivity index (χ0n) is 16.9. The van der Waals surface area contributed by atoms with E-state index < -0.39 is 0 Å². The van der Waals surface area contributed by atoms with Crippen molar-refractivity contribution in [3.05, 3.63) is 40.3 Å².